The minimum absolute atomic E-state index is 0.206. The first-order valence-electron chi connectivity index (χ1n) is 7.18. The van der Waals surface area contributed by atoms with Crippen LogP contribution in [0.15, 0.2) is 18.3 Å². The first-order chi connectivity index (χ1) is 8.70. The van der Waals surface area contributed by atoms with Crippen molar-refractivity contribution >= 4 is 5.82 Å². The lowest BCUT2D eigenvalue weighted by atomic mass is 10.1. The highest BCUT2D eigenvalue weighted by atomic mass is 15.2. The van der Waals surface area contributed by atoms with Crippen LogP contribution in [-0.2, 0) is 6.42 Å². The largest absolute Gasteiger partial charge is 0.354 e. The highest BCUT2D eigenvalue weighted by molar-refractivity contribution is 5.42. The molecule has 1 heterocycles. The summed E-state index contributed by atoms with van der Waals surface area (Å²) in [4.78, 5) is 7.09. The molecule has 1 atom stereocenters. The van der Waals surface area contributed by atoms with E-state index < -0.39 is 0 Å². The molecular formula is C15H25N3. The van der Waals surface area contributed by atoms with E-state index in [1.54, 1.807) is 0 Å². The minimum atomic E-state index is 0.206. The maximum Gasteiger partial charge on any atom is 0.128 e. The molecule has 0 saturated heterocycles. The summed E-state index contributed by atoms with van der Waals surface area (Å²) in [7, 11) is 0. The Bertz CT molecular complexity index is 355. The summed E-state index contributed by atoms with van der Waals surface area (Å²) in [6.45, 7) is 5.41. The van der Waals surface area contributed by atoms with E-state index in [1.807, 2.05) is 13.1 Å². The molecule has 1 aromatic rings. The lowest BCUT2D eigenvalue weighted by Crippen LogP contribution is -2.27. The van der Waals surface area contributed by atoms with Crippen LogP contribution in [0.1, 0.15) is 45.1 Å². The molecule has 0 aliphatic heterocycles. The molecule has 2 N–H and O–H groups in total. The quantitative estimate of drug-likeness (QED) is 0.805. The fraction of sp³-hybridized carbons (Fsp3) is 0.667. The minimum Gasteiger partial charge on any atom is -0.354 e. The summed E-state index contributed by atoms with van der Waals surface area (Å²) in [5.74, 6) is 1.14. The van der Waals surface area contributed by atoms with Crippen LogP contribution in [0.2, 0.25) is 0 Å². The number of hydrogen-bond donors (Lipinski definition) is 1. The van der Waals surface area contributed by atoms with Crippen LogP contribution in [0.4, 0.5) is 5.82 Å². The van der Waals surface area contributed by atoms with Gasteiger partial charge in [0.15, 0.2) is 0 Å². The van der Waals surface area contributed by atoms with Gasteiger partial charge in [0.2, 0.25) is 0 Å². The average Bonchev–Trinajstić information content (AvgIpc) is 3.15. The van der Waals surface area contributed by atoms with E-state index in [4.69, 9.17) is 5.73 Å². The number of pyridine rings is 1. The standard InChI is InChI=1S/C15H25N3/c1-3-4-9-18(14-6-7-14)15-8-5-13(11-17-15)10-12(2)16/h5,8,11-12,14H,3-4,6-7,9-10,16H2,1-2H3. The fourth-order valence-electron chi connectivity index (χ4n) is 2.28. The van der Waals surface area contributed by atoms with Crippen LogP contribution in [0.25, 0.3) is 0 Å². The fourth-order valence-corrected chi connectivity index (χ4v) is 2.28. The first-order valence-corrected chi connectivity index (χ1v) is 7.18. The molecular weight excluding hydrogens is 222 g/mol. The van der Waals surface area contributed by atoms with Gasteiger partial charge < -0.3 is 10.6 Å². The van der Waals surface area contributed by atoms with E-state index in [1.165, 1.54) is 31.2 Å². The van der Waals surface area contributed by atoms with Gasteiger partial charge >= 0.3 is 0 Å². The Hall–Kier alpha value is -1.09. The Labute approximate surface area is 110 Å². The lowest BCUT2D eigenvalue weighted by molar-refractivity contribution is 0.701. The molecule has 0 bridgehead atoms. The molecule has 0 spiro atoms. The summed E-state index contributed by atoms with van der Waals surface area (Å²) in [6, 6.07) is 5.28. The smallest absolute Gasteiger partial charge is 0.128 e. The van der Waals surface area contributed by atoms with Gasteiger partial charge in [0.05, 0.1) is 0 Å². The number of aromatic nitrogens is 1. The number of unbranched alkanes of at least 4 members (excludes halogenated alkanes) is 1. The van der Waals surface area contributed by atoms with Gasteiger partial charge in [0, 0.05) is 24.8 Å². The van der Waals surface area contributed by atoms with E-state index in [0.717, 1.165) is 24.8 Å². The van der Waals surface area contributed by atoms with E-state index in [2.05, 4.69) is 28.9 Å². The molecule has 0 radical (unpaired) electrons. The van der Waals surface area contributed by atoms with Crippen molar-refractivity contribution in [1.82, 2.24) is 4.98 Å². The second kappa shape index (κ2) is 6.19. The zero-order valence-corrected chi connectivity index (χ0v) is 11.6. The summed E-state index contributed by atoms with van der Waals surface area (Å²) >= 11 is 0. The molecule has 1 aliphatic rings. The first kappa shape index (κ1) is 13.3. The molecule has 0 aromatic carbocycles. The third-order valence-electron chi connectivity index (χ3n) is 3.40. The molecule has 3 heteroatoms. The summed E-state index contributed by atoms with van der Waals surface area (Å²) in [5.41, 5.74) is 7.04. The Morgan fingerprint density at radius 2 is 2.22 bits per heavy atom. The van der Waals surface area contributed by atoms with Crippen molar-refractivity contribution in [3.63, 3.8) is 0 Å². The molecule has 1 aliphatic carbocycles. The predicted octanol–water partition coefficient (Wildman–Crippen LogP) is 2.74. The van der Waals surface area contributed by atoms with Crippen LogP contribution in [-0.4, -0.2) is 23.6 Å². The number of nitrogens with two attached hydrogens (primary N) is 1. The second-order valence-corrected chi connectivity index (χ2v) is 5.48. The molecule has 1 unspecified atom stereocenters. The predicted molar refractivity (Wildman–Crippen MR) is 76.9 cm³/mol. The van der Waals surface area contributed by atoms with E-state index >= 15 is 0 Å². The molecule has 3 nitrogen and oxygen atoms in total. The highest BCUT2D eigenvalue weighted by Gasteiger charge is 2.29. The normalized spacial score (nSPS) is 16.6. The molecule has 100 valence electrons. The van der Waals surface area contributed by atoms with E-state index in [-0.39, 0.29) is 6.04 Å². The summed E-state index contributed by atoms with van der Waals surface area (Å²) < 4.78 is 0. The van der Waals surface area contributed by atoms with Gasteiger partial charge in [-0.3, -0.25) is 0 Å². The Morgan fingerprint density at radius 1 is 1.44 bits per heavy atom. The van der Waals surface area contributed by atoms with Gasteiger partial charge in [-0.1, -0.05) is 19.4 Å². The van der Waals surface area contributed by atoms with Crippen molar-refractivity contribution in [2.45, 2.75) is 58.0 Å². The third kappa shape index (κ3) is 3.70. The number of rotatable bonds is 7. The molecule has 1 saturated carbocycles. The SMILES string of the molecule is CCCCN(c1ccc(CC(C)N)cn1)C1CC1. The highest BCUT2D eigenvalue weighted by Crippen LogP contribution is 2.30. The molecule has 1 aromatic heterocycles. The Morgan fingerprint density at radius 3 is 2.72 bits per heavy atom. The van der Waals surface area contributed by atoms with E-state index in [9.17, 15) is 0 Å². The number of hydrogen-bond acceptors (Lipinski definition) is 3. The van der Waals surface area contributed by atoms with Crippen molar-refractivity contribution in [1.29, 1.82) is 0 Å². The monoisotopic (exact) mass is 247 g/mol. The van der Waals surface area contributed by atoms with Crippen LogP contribution in [0.5, 0.6) is 0 Å². The molecule has 0 amide bonds. The lowest BCUT2D eigenvalue weighted by Gasteiger charge is -2.23. The number of nitrogens with zero attached hydrogens (tertiary/aromatic N) is 2. The van der Waals surface area contributed by atoms with Crippen LogP contribution in [0.3, 0.4) is 0 Å². The average molecular weight is 247 g/mol. The van der Waals surface area contributed by atoms with E-state index in [0.29, 0.717) is 0 Å². The zero-order chi connectivity index (χ0) is 13.0. The third-order valence-corrected chi connectivity index (χ3v) is 3.40. The van der Waals surface area contributed by atoms with Crippen molar-refractivity contribution in [3.8, 4) is 0 Å². The van der Waals surface area contributed by atoms with Crippen molar-refractivity contribution < 1.29 is 0 Å². The van der Waals surface area contributed by atoms with Crippen LogP contribution < -0.4 is 10.6 Å². The van der Waals surface area contributed by atoms with Gasteiger partial charge in [0.1, 0.15) is 5.82 Å². The molecule has 1 fully saturated rings. The molecule has 2 rings (SSSR count). The number of anilines is 1. The summed E-state index contributed by atoms with van der Waals surface area (Å²) in [6.07, 6.45) is 8.04. The van der Waals surface area contributed by atoms with Crippen molar-refractivity contribution in [3.05, 3.63) is 23.9 Å². The Balaban J connectivity index is 2.01. The van der Waals surface area contributed by atoms with Gasteiger partial charge in [-0.25, -0.2) is 4.98 Å². The van der Waals surface area contributed by atoms with Crippen molar-refractivity contribution in [2.24, 2.45) is 5.73 Å². The second-order valence-electron chi connectivity index (χ2n) is 5.48. The van der Waals surface area contributed by atoms with Gasteiger partial charge in [-0.05, 0) is 44.2 Å². The van der Waals surface area contributed by atoms with Crippen molar-refractivity contribution in [2.75, 3.05) is 11.4 Å². The van der Waals surface area contributed by atoms with Crippen LogP contribution >= 0.6 is 0 Å². The maximum atomic E-state index is 5.81. The van der Waals surface area contributed by atoms with Gasteiger partial charge in [-0.2, -0.15) is 0 Å². The molecule has 18 heavy (non-hydrogen) atoms. The van der Waals surface area contributed by atoms with Gasteiger partial charge in [0.25, 0.3) is 0 Å². The zero-order valence-electron chi connectivity index (χ0n) is 11.6. The van der Waals surface area contributed by atoms with Gasteiger partial charge in [-0.15, -0.1) is 0 Å². The Kier molecular flexibility index (Phi) is 4.59. The summed E-state index contributed by atoms with van der Waals surface area (Å²) in [5, 5.41) is 0. The van der Waals surface area contributed by atoms with Crippen LogP contribution in [0, 0.1) is 0 Å². The maximum absolute atomic E-state index is 5.81. The topological polar surface area (TPSA) is 42.1 Å².